The lowest BCUT2D eigenvalue weighted by molar-refractivity contribution is -0.146. The zero-order valence-corrected chi connectivity index (χ0v) is 17.1. The van der Waals surface area contributed by atoms with Crippen LogP contribution < -0.4 is 4.31 Å². The van der Waals surface area contributed by atoms with E-state index in [-0.39, 0.29) is 35.7 Å². The molecule has 1 atom stereocenters. The van der Waals surface area contributed by atoms with Crippen LogP contribution in [-0.2, 0) is 19.6 Å². The number of carbonyl (C=O) groups excluding carboxylic acids is 2. The average Bonchev–Trinajstić information content (AvgIpc) is 2.79. The number of nitrogens with zero attached hydrogens (tertiary/aromatic N) is 1. The topological polar surface area (TPSA) is 80.8 Å². The Morgan fingerprint density at radius 3 is 2.54 bits per heavy atom. The first-order valence-electron chi connectivity index (χ1n) is 8.85. The highest BCUT2D eigenvalue weighted by Gasteiger charge is 2.38. The van der Waals surface area contributed by atoms with E-state index >= 15 is 0 Å². The SMILES string of the molecule is CCOC(=O)[C@@H]1CCN(S(=O)(=O)c2ccc(C)cc2)c2cc(Cl)ccc2C1=O. The number of carbonyl (C=O) groups is 2. The number of ketones is 1. The van der Waals surface area contributed by atoms with E-state index < -0.39 is 27.7 Å². The minimum Gasteiger partial charge on any atom is -0.465 e. The summed E-state index contributed by atoms with van der Waals surface area (Å²) < 4.78 is 32.7. The number of fused-ring (bicyclic) bond motifs is 1. The number of benzene rings is 2. The predicted octanol–water partition coefficient (Wildman–Crippen LogP) is 3.61. The van der Waals surface area contributed by atoms with Gasteiger partial charge in [0.05, 0.1) is 17.2 Å². The summed E-state index contributed by atoms with van der Waals surface area (Å²) in [7, 11) is -3.95. The number of hydrogen-bond donors (Lipinski definition) is 0. The van der Waals surface area contributed by atoms with Gasteiger partial charge in [-0.2, -0.15) is 0 Å². The lowest BCUT2D eigenvalue weighted by Gasteiger charge is -2.24. The van der Waals surface area contributed by atoms with Crippen LogP contribution in [0.3, 0.4) is 0 Å². The molecule has 1 aliphatic heterocycles. The number of esters is 1. The molecule has 0 aromatic heterocycles. The minimum absolute atomic E-state index is 0.0229. The van der Waals surface area contributed by atoms with Crippen molar-refractivity contribution in [3.63, 3.8) is 0 Å². The van der Waals surface area contributed by atoms with Crippen LogP contribution in [0.1, 0.15) is 29.3 Å². The molecular formula is C20H20ClNO5S. The third-order valence-corrected chi connectivity index (χ3v) is 6.67. The number of anilines is 1. The maximum Gasteiger partial charge on any atom is 0.316 e. The van der Waals surface area contributed by atoms with E-state index in [0.29, 0.717) is 5.02 Å². The quantitative estimate of drug-likeness (QED) is 0.556. The van der Waals surface area contributed by atoms with Gasteiger partial charge in [0, 0.05) is 17.1 Å². The van der Waals surface area contributed by atoms with E-state index in [2.05, 4.69) is 0 Å². The maximum absolute atomic E-state index is 13.3. The molecule has 8 heteroatoms. The third-order valence-electron chi connectivity index (χ3n) is 4.61. The molecule has 0 spiro atoms. The van der Waals surface area contributed by atoms with E-state index in [0.717, 1.165) is 9.87 Å². The molecule has 6 nitrogen and oxygen atoms in total. The fraction of sp³-hybridized carbons (Fsp3) is 0.300. The van der Waals surface area contributed by atoms with Crippen LogP contribution in [0, 0.1) is 12.8 Å². The summed E-state index contributed by atoms with van der Waals surface area (Å²) in [5.74, 6) is -2.17. The molecule has 3 rings (SSSR count). The second kappa shape index (κ2) is 7.93. The first-order chi connectivity index (χ1) is 13.3. The molecule has 1 aliphatic rings. The van der Waals surface area contributed by atoms with E-state index in [1.54, 1.807) is 19.1 Å². The molecule has 28 heavy (non-hydrogen) atoms. The largest absolute Gasteiger partial charge is 0.465 e. The molecular weight excluding hydrogens is 402 g/mol. The van der Waals surface area contributed by atoms with Gasteiger partial charge in [0.25, 0.3) is 10.0 Å². The first kappa shape index (κ1) is 20.4. The van der Waals surface area contributed by atoms with Crippen LogP contribution in [0.15, 0.2) is 47.4 Å². The minimum atomic E-state index is -3.95. The standard InChI is InChI=1S/C20H20ClNO5S/c1-3-27-20(24)17-10-11-22(18-12-14(21)6-9-16(18)19(17)23)28(25,26)15-7-4-13(2)5-8-15/h4-9,12,17H,3,10-11H2,1-2H3/t17-/m1/s1. The van der Waals surface area contributed by atoms with Gasteiger partial charge in [-0.1, -0.05) is 29.3 Å². The number of ether oxygens (including phenoxy) is 1. The fourth-order valence-electron chi connectivity index (χ4n) is 3.16. The number of rotatable bonds is 4. The van der Waals surface area contributed by atoms with Gasteiger partial charge in [-0.15, -0.1) is 0 Å². The Morgan fingerprint density at radius 2 is 1.89 bits per heavy atom. The predicted molar refractivity (Wildman–Crippen MR) is 106 cm³/mol. The number of halogens is 1. The molecule has 0 amide bonds. The number of sulfonamides is 1. The van der Waals surface area contributed by atoms with Crippen molar-refractivity contribution < 1.29 is 22.7 Å². The monoisotopic (exact) mass is 421 g/mol. The Labute approximate surface area is 169 Å². The van der Waals surface area contributed by atoms with Gasteiger partial charge >= 0.3 is 5.97 Å². The number of hydrogen-bond acceptors (Lipinski definition) is 5. The second-order valence-electron chi connectivity index (χ2n) is 6.51. The molecule has 0 saturated heterocycles. The summed E-state index contributed by atoms with van der Waals surface area (Å²) in [5.41, 5.74) is 1.23. The van der Waals surface area contributed by atoms with Crippen molar-refractivity contribution >= 4 is 39.1 Å². The van der Waals surface area contributed by atoms with Crippen molar-refractivity contribution in [3.05, 3.63) is 58.6 Å². The molecule has 148 valence electrons. The highest BCUT2D eigenvalue weighted by molar-refractivity contribution is 7.92. The van der Waals surface area contributed by atoms with Crippen LogP contribution in [0.5, 0.6) is 0 Å². The summed E-state index contributed by atoms with van der Waals surface area (Å²) in [5, 5.41) is 0.297. The Morgan fingerprint density at radius 1 is 1.21 bits per heavy atom. The Hall–Kier alpha value is -2.38. The van der Waals surface area contributed by atoms with Gasteiger partial charge in [0.1, 0.15) is 5.92 Å². The highest BCUT2D eigenvalue weighted by atomic mass is 35.5. The summed E-state index contributed by atoms with van der Waals surface area (Å²) in [6, 6.07) is 10.8. The normalized spacial score (nSPS) is 17.0. The Balaban J connectivity index is 2.12. The number of aryl methyl sites for hydroxylation is 1. The van der Waals surface area contributed by atoms with Crippen molar-refractivity contribution in [3.8, 4) is 0 Å². The highest BCUT2D eigenvalue weighted by Crippen LogP contribution is 2.35. The molecule has 0 saturated carbocycles. The van der Waals surface area contributed by atoms with Crippen LogP contribution >= 0.6 is 11.6 Å². The van der Waals surface area contributed by atoms with Crippen molar-refractivity contribution in [2.45, 2.75) is 25.2 Å². The smallest absolute Gasteiger partial charge is 0.316 e. The lowest BCUT2D eigenvalue weighted by atomic mass is 9.95. The van der Waals surface area contributed by atoms with E-state index in [1.165, 1.54) is 30.3 Å². The summed E-state index contributed by atoms with van der Waals surface area (Å²) in [6.07, 6.45) is 0.0229. The van der Waals surface area contributed by atoms with E-state index in [9.17, 15) is 18.0 Å². The van der Waals surface area contributed by atoms with Gasteiger partial charge < -0.3 is 4.74 Å². The van der Waals surface area contributed by atoms with Gasteiger partial charge in [-0.3, -0.25) is 13.9 Å². The molecule has 0 radical (unpaired) electrons. The summed E-state index contributed by atoms with van der Waals surface area (Å²) in [6.45, 7) is 3.61. The van der Waals surface area contributed by atoms with E-state index in [4.69, 9.17) is 16.3 Å². The van der Waals surface area contributed by atoms with Crippen molar-refractivity contribution in [1.82, 2.24) is 0 Å². The summed E-state index contributed by atoms with van der Waals surface area (Å²) >= 11 is 6.08. The fourth-order valence-corrected chi connectivity index (χ4v) is 4.82. The van der Waals surface area contributed by atoms with Crippen LogP contribution in [0.25, 0.3) is 0 Å². The zero-order valence-electron chi connectivity index (χ0n) is 15.5. The van der Waals surface area contributed by atoms with Gasteiger partial charge in [-0.25, -0.2) is 8.42 Å². The van der Waals surface area contributed by atoms with Crippen LogP contribution in [0.4, 0.5) is 5.69 Å². The molecule has 0 fully saturated rings. The first-order valence-corrected chi connectivity index (χ1v) is 10.7. The van der Waals surface area contributed by atoms with Gasteiger partial charge in [0.15, 0.2) is 5.78 Å². The molecule has 0 bridgehead atoms. The van der Waals surface area contributed by atoms with Crippen molar-refractivity contribution in [1.29, 1.82) is 0 Å². The van der Waals surface area contributed by atoms with Crippen molar-refractivity contribution in [2.75, 3.05) is 17.5 Å². The second-order valence-corrected chi connectivity index (χ2v) is 8.81. The van der Waals surface area contributed by atoms with Crippen LogP contribution in [0.2, 0.25) is 5.02 Å². The Kier molecular flexibility index (Phi) is 5.76. The molecule has 1 heterocycles. The van der Waals surface area contributed by atoms with Gasteiger partial charge in [0.2, 0.25) is 0 Å². The van der Waals surface area contributed by atoms with Crippen molar-refractivity contribution in [2.24, 2.45) is 5.92 Å². The molecule has 2 aromatic rings. The van der Waals surface area contributed by atoms with E-state index in [1.807, 2.05) is 6.92 Å². The molecule has 0 aliphatic carbocycles. The lowest BCUT2D eigenvalue weighted by Crippen LogP contribution is -2.33. The molecule has 0 N–H and O–H groups in total. The molecule has 2 aromatic carbocycles. The maximum atomic E-state index is 13.3. The Bertz CT molecular complexity index is 1020. The van der Waals surface area contributed by atoms with Crippen LogP contribution in [-0.4, -0.2) is 33.3 Å². The molecule has 0 unspecified atom stereocenters. The number of Topliss-reactive ketones (excluding diaryl/α,β-unsaturated/α-hetero) is 1. The zero-order chi connectivity index (χ0) is 20.5. The third kappa shape index (κ3) is 3.77. The average molecular weight is 422 g/mol. The summed E-state index contributed by atoms with van der Waals surface area (Å²) in [4.78, 5) is 25.3. The van der Waals surface area contributed by atoms with Gasteiger partial charge in [-0.05, 0) is 50.6 Å².